The Hall–Kier alpha value is -1.63. The molecule has 0 saturated heterocycles. The molecule has 2 aromatic rings. The van der Waals surface area contributed by atoms with Gasteiger partial charge in [-0.05, 0) is 41.2 Å². The second-order valence-electron chi connectivity index (χ2n) is 5.51. The number of aryl methyl sites for hydroxylation is 1. The van der Waals surface area contributed by atoms with Gasteiger partial charge < -0.3 is 0 Å². The zero-order chi connectivity index (χ0) is 14.0. The monoisotopic (exact) mass is 256 g/mol. The van der Waals surface area contributed by atoms with E-state index in [0.717, 1.165) is 5.56 Å². The third-order valence-corrected chi connectivity index (χ3v) is 3.80. The van der Waals surface area contributed by atoms with E-state index in [1.807, 2.05) is 12.1 Å². The van der Waals surface area contributed by atoms with Crippen LogP contribution in [0.1, 0.15) is 54.9 Å². The van der Waals surface area contributed by atoms with Crippen LogP contribution >= 0.6 is 0 Å². The van der Waals surface area contributed by atoms with E-state index < -0.39 is 0 Å². The summed E-state index contributed by atoms with van der Waals surface area (Å²) in [6, 6.07) is 13.6. The van der Waals surface area contributed by atoms with Crippen LogP contribution in [-0.4, -0.2) is 0 Å². The van der Waals surface area contributed by atoms with E-state index in [0.29, 0.717) is 5.92 Å². The molecule has 0 aromatic heterocycles. The van der Waals surface area contributed by atoms with Gasteiger partial charge in [0.25, 0.3) is 0 Å². The van der Waals surface area contributed by atoms with Crippen LogP contribution in [0.4, 0.5) is 4.39 Å². The summed E-state index contributed by atoms with van der Waals surface area (Å²) >= 11 is 0. The van der Waals surface area contributed by atoms with Crippen molar-refractivity contribution in [1.82, 2.24) is 0 Å². The van der Waals surface area contributed by atoms with Gasteiger partial charge in [-0.3, -0.25) is 0 Å². The lowest BCUT2D eigenvalue weighted by Crippen LogP contribution is -2.02. The molecule has 0 nitrogen and oxygen atoms in total. The number of hydrogen-bond acceptors (Lipinski definition) is 0. The molecule has 0 aliphatic heterocycles. The van der Waals surface area contributed by atoms with Crippen LogP contribution in [0.2, 0.25) is 0 Å². The first-order valence-corrected chi connectivity index (χ1v) is 6.85. The summed E-state index contributed by atoms with van der Waals surface area (Å²) in [5.74, 6) is 0.487. The number of hydrogen-bond donors (Lipinski definition) is 0. The van der Waals surface area contributed by atoms with Gasteiger partial charge in [0.05, 0.1) is 0 Å². The first-order chi connectivity index (χ1) is 9.00. The molecule has 0 heterocycles. The summed E-state index contributed by atoms with van der Waals surface area (Å²) in [5.41, 5.74) is 4.54. The van der Waals surface area contributed by atoms with Crippen LogP contribution < -0.4 is 0 Å². The van der Waals surface area contributed by atoms with Crippen molar-refractivity contribution >= 4 is 0 Å². The van der Waals surface area contributed by atoms with Crippen molar-refractivity contribution < 1.29 is 4.39 Å². The predicted molar refractivity (Wildman–Crippen MR) is 79.2 cm³/mol. The van der Waals surface area contributed by atoms with Crippen molar-refractivity contribution in [3.63, 3.8) is 0 Å². The molecule has 1 unspecified atom stereocenters. The van der Waals surface area contributed by atoms with E-state index >= 15 is 0 Å². The average Bonchev–Trinajstić information content (AvgIpc) is 2.38. The first-order valence-electron chi connectivity index (χ1n) is 6.85. The molecule has 0 radical (unpaired) electrons. The minimum atomic E-state index is -0.123. The molecule has 0 bridgehead atoms. The van der Waals surface area contributed by atoms with Gasteiger partial charge in [0, 0.05) is 5.92 Å². The average molecular weight is 256 g/mol. The van der Waals surface area contributed by atoms with Gasteiger partial charge in [-0.25, -0.2) is 4.39 Å². The van der Waals surface area contributed by atoms with Gasteiger partial charge in [0.15, 0.2) is 0 Å². The zero-order valence-electron chi connectivity index (χ0n) is 12.1. The zero-order valence-corrected chi connectivity index (χ0v) is 12.1. The molecular formula is C18H21F. The van der Waals surface area contributed by atoms with E-state index in [2.05, 4.69) is 45.9 Å². The van der Waals surface area contributed by atoms with Gasteiger partial charge in [-0.15, -0.1) is 0 Å². The van der Waals surface area contributed by atoms with Gasteiger partial charge in [0.1, 0.15) is 5.82 Å². The Balaban J connectivity index is 2.40. The van der Waals surface area contributed by atoms with Crippen molar-refractivity contribution in [2.75, 3.05) is 0 Å². The Kier molecular flexibility index (Phi) is 4.04. The van der Waals surface area contributed by atoms with Crippen molar-refractivity contribution in [1.29, 1.82) is 0 Å². The Morgan fingerprint density at radius 3 is 2.16 bits per heavy atom. The fraction of sp³-hybridized carbons (Fsp3) is 0.333. The van der Waals surface area contributed by atoms with Crippen LogP contribution in [0, 0.1) is 12.7 Å². The lowest BCUT2D eigenvalue weighted by molar-refractivity contribution is 0.602. The highest BCUT2D eigenvalue weighted by Crippen LogP contribution is 2.30. The minimum absolute atomic E-state index is 0.0856. The molecule has 19 heavy (non-hydrogen) atoms. The Morgan fingerprint density at radius 1 is 0.895 bits per heavy atom. The number of rotatable bonds is 3. The van der Waals surface area contributed by atoms with Crippen LogP contribution in [0.5, 0.6) is 0 Å². The highest BCUT2D eigenvalue weighted by molar-refractivity contribution is 5.40. The molecule has 0 N–H and O–H groups in total. The maximum Gasteiger partial charge on any atom is 0.127 e. The lowest BCUT2D eigenvalue weighted by Gasteiger charge is -2.17. The Bertz CT molecular complexity index is 570. The van der Waals surface area contributed by atoms with E-state index in [-0.39, 0.29) is 11.7 Å². The molecule has 1 heteroatoms. The molecule has 0 spiro atoms. The van der Waals surface area contributed by atoms with Crippen molar-refractivity contribution in [2.45, 2.75) is 39.5 Å². The smallest absolute Gasteiger partial charge is 0.127 e. The maximum atomic E-state index is 13.9. The summed E-state index contributed by atoms with van der Waals surface area (Å²) in [5, 5.41) is 0. The molecular weight excluding hydrogens is 235 g/mol. The van der Waals surface area contributed by atoms with Gasteiger partial charge >= 0.3 is 0 Å². The summed E-state index contributed by atoms with van der Waals surface area (Å²) in [4.78, 5) is 0. The van der Waals surface area contributed by atoms with Crippen molar-refractivity contribution in [3.05, 3.63) is 70.5 Å². The fourth-order valence-electron chi connectivity index (χ4n) is 2.54. The molecule has 2 aromatic carbocycles. The van der Waals surface area contributed by atoms with Crippen LogP contribution in [0.3, 0.4) is 0 Å². The molecule has 1 atom stereocenters. The highest BCUT2D eigenvalue weighted by Gasteiger charge is 2.15. The third kappa shape index (κ3) is 2.86. The molecule has 0 aliphatic carbocycles. The van der Waals surface area contributed by atoms with Crippen molar-refractivity contribution in [3.8, 4) is 0 Å². The SMILES string of the molecule is Cc1cc(C(C)C)ccc1C(C)c1ccccc1F. The number of halogens is 1. The summed E-state index contributed by atoms with van der Waals surface area (Å²) < 4.78 is 13.9. The third-order valence-electron chi connectivity index (χ3n) is 3.80. The molecule has 0 amide bonds. The van der Waals surface area contributed by atoms with Crippen molar-refractivity contribution in [2.24, 2.45) is 0 Å². The van der Waals surface area contributed by atoms with Gasteiger partial charge in [-0.1, -0.05) is 57.2 Å². The largest absolute Gasteiger partial charge is 0.207 e. The van der Waals surface area contributed by atoms with E-state index in [1.165, 1.54) is 22.8 Å². The second kappa shape index (κ2) is 5.56. The maximum absolute atomic E-state index is 13.9. The van der Waals surface area contributed by atoms with E-state index in [4.69, 9.17) is 0 Å². The summed E-state index contributed by atoms with van der Waals surface area (Å²) in [6.45, 7) is 8.55. The summed E-state index contributed by atoms with van der Waals surface area (Å²) in [7, 11) is 0. The van der Waals surface area contributed by atoms with E-state index in [9.17, 15) is 4.39 Å². The second-order valence-corrected chi connectivity index (χ2v) is 5.51. The molecule has 0 aliphatic rings. The Labute approximate surface area is 115 Å². The lowest BCUT2D eigenvalue weighted by atomic mass is 9.87. The molecule has 0 fully saturated rings. The van der Waals surface area contributed by atoms with E-state index in [1.54, 1.807) is 6.07 Å². The minimum Gasteiger partial charge on any atom is -0.207 e. The molecule has 0 saturated carbocycles. The fourth-order valence-corrected chi connectivity index (χ4v) is 2.54. The summed E-state index contributed by atoms with van der Waals surface area (Å²) in [6.07, 6.45) is 0. The first kappa shape index (κ1) is 13.8. The standard InChI is InChI=1S/C18H21F/c1-12(2)15-9-10-16(13(3)11-15)14(4)17-7-5-6-8-18(17)19/h5-12,14H,1-4H3. The van der Waals surface area contributed by atoms with Gasteiger partial charge in [0.2, 0.25) is 0 Å². The number of benzene rings is 2. The normalized spacial score (nSPS) is 12.7. The Morgan fingerprint density at radius 2 is 1.58 bits per heavy atom. The predicted octanol–water partition coefficient (Wildman–Crippen LogP) is 5.41. The van der Waals surface area contributed by atoms with Crippen LogP contribution in [0.25, 0.3) is 0 Å². The quantitative estimate of drug-likeness (QED) is 0.689. The highest BCUT2D eigenvalue weighted by atomic mass is 19.1. The topological polar surface area (TPSA) is 0 Å². The van der Waals surface area contributed by atoms with Gasteiger partial charge in [-0.2, -0.15) is 0 Å². The molecule has 2 rings (SSSR count). The van der Waals surface area contributed by atoms with Crippen LogP contribution in [0.15, 0.2) is 42.5 Å². The van der Waals surface area contributed by atoms with Crippen LogP contribution in [-0.2, 0) is 0 Å². The molecule has 100 valence electrons.